The Labute approximate surface area is 181 Å². The van der Waals surface area contributed by atoms with Crippen LogP contribution in [0.1, 0.15) is 23.0 Å². The first-order chi connectivity index (χ1) is 13.4. The number of halogens is 2. The van der Waals surface area contributed by atoms with Gasteiger partial charge in [-0.15, -0.1) is 11.3 Å². The Balaban J connectivity index is 1.73. The first-order valence-corrected chi connectivity index (χ1v) is 10.3. The van der Waals surface area contributed by atoms with Gasteiger partial charge in [0.2, 0.25) is 5.91 Å². The van der Waals surface area contributed by atoms with Gasteiger partial charge in [0.25, 0.3) is 5.91 Å². The summed E-state index contributed by atoms with van der Waals surface area (Å²) in [6.07, 6.45) is 0.357. The highest BCUT2D eigenvalue weighted by atomic mass is 35.5. The number of hydrogen-bond donors (Lipinski definition) is 3. The summed E-state index contributed by atoms with van der Waals surface area (Å²) in [5, 5.41) is 9.89. The highest BCUT2D eigenvalue weighted by molar-refractivity contribution is 7.80. The number of carbonyl (C=O) groups excluding carboxylic acids is 2. The van der Waals surface area contributed by atoms with E-state index in [0.29, 0.717) is 32.7 Å². The number of carbonyl (C=O) groups is 2. The van der Waals surface area contributed by atoms with Crippen LogP contribution in [0.15, 0.2) is 42.5 Å². The molecule has 5 nitrogen and oxygen atoms in total. The van der Waals surface area contributed by atoms with Crippen molar-refractivity contribution in [3.8, 4) is 0 Å². The SMILES string of the molecule is CCC(=O)Nc1ccc(Cl)c(NC(=S)NC(=O)c2sc3ccccc3c2Cl)c1. The zero-order valence-corrected chi connectivity index (χ0v) is 17.8. The minimum atomic E-state index is -0.407. The molecule has 3 rings (SSSR count). The van der Waals surface area contributed by atoms with Crippen molar-refractivity contribution in [1.29, 1.82) is 0 Å². The largest absolute Gasteiger partial charge is 0.331 e. The summed E-state index contributed by atoms with van der Waals surface area (Å²) in [6, 6.07) is 12.5. The third-order valence-corrected chi connectivity index (χ3v) is 6.00. The van der Waals surface area contributed by atoms with Crippen molar-refractivity contribution in [2.75, 3.05) is 10.6 Å². The van der Waals surface area contributed by atoms with E-state index in [4.69, 9.17) is 35.4 Å². The summed E-state index contributed by atoms with van der Waals surface area (Å²) in [4.78, 5) is 24.5. The van der Waals surface area contributed by atoms with Gasteiger partial charge in [-0.1, -0.05) is 48.3 Å². The van der Waals surface area contributed by atoms with Crippen LogP contribution < -0.4 is 16.0 Å². The van der Waals surface area contributed by atoms with Crippen molar-refractivity contribution in [1.82, 2.24) is 5.32 Å². The molecule has 28 heavy (non-hydrogen) atoms. The second-order valence-electron chi connectivity index (χ2n) is 5.75. The molecule has 3 N–H and O–H groups in total. The molecule has 1 heterocycles. The first-order valence-electron chi connectivity index (χ1n) is 8.27. The fraction of sp³-hybridized carbons (Fsp3) is 0.105. The molecular formula is C19H15Cl2N3O2S2. The van der Waals surface area contributed by atoms with E-state index in [9.17, 15) is 9.59 Å². The first kappa shape index (κ1) is 20.5. The summed E-state index contributed by atoms with van der Waals surface area (Å²) >= 11 is 19.0. The van der Waals surface area contributed by atoms with Crippen molar-refractivity contribution >= 4 is 85.1 Å². The van der Waals surface area contributed by atoms with Gasteiger partial charge in [0.1, 0.15) is 4.88 Å². The Morgan fingerprint density at radius 2 is 1.86 bits per heavy atom. The molecule has 0 aliphatic carbocycles. The highest BCUT2D eigenvalue weighted by Crippen LogP contribution is 2.35. The number of thiocarbonyl (C=S) groups is 1. The van der Waals surface area contributed by atoms with Crippen molar-refractivity contribution in [3.05, 3.63) is 57.4 Å². The quantitative estimate of drug-likeness (QED) is 0.446. The van der Waals surface area contributed by atoms with Crippen LogP contribution in [0.5, 0.6) is 0 Å². The molecule has 9 heteroatoms. The molecule has 0 aliphatic heterocycles. The van der Waals surface area contributed by atoms with Crippen LogP contribution in [0.3, 0.4) is 0 Å². The standard InChI is InChI=1S/C19H15Cl2N3O2S2/c1-2-15(25)22-10-7-8-12(20)13(9-10)23-19(27)24-18(26)17-16(21)11-5-3-4-6-14(11)28-17/h3-9H,2H2,1H3,(H,22,25)(H2,23,24,26,27). The lowest BCUT2D eigenvalue weighted by Gasteiger charge is -2.12. The van der Waals surface area contributed by atoms with Gasteiger partial charge in [-0.05, 0) is 36.5 Å². The molecule has 1 aromatic heterocycles. The van der Waals surface area contributed by atoms with Gasteiger partial charge in [-0.3, -0.25) is 14.9 Å². The van der Waals surface area contributed by atoms with Gasteiger partial charge in [0, 0.05) is 22.2 Å². The Bertz CT molecular complexity index is 1080. The zero-order chi connectivity index (χ0) is 20.3. The van der Waals surface area contributed by atoms with Crippen LogP contribution in [0, 0.1) is 0 Å². The van der Waals surface area contributed by atoms with E-state index in [2.05, 4.69) is 16.0 Å². The third kappa shape index (κ3) is 4.62. The smallest absolute Gasteiger partial charge is 0.269 e. The van der Waals surface area contributed by atoms with Gasteiger partial charge >= 0.3 is 0 Å². The van der Waals surface area contributed by atoms with Crippen molar-refractivity contribution in [2.24, 2.45) is 0 Å². The Kier molecular flexibility index (Phi) is 6.51. The van der Waals surface area contributed by atoms with Crippen molar-refractivity contribution in [2.45, 2.75) is 13.3 Å². The number of nitrogens with one attached hydrogen (secondary N) is 3. The van der Waals surface area contributed by atoms with Crippen molar-refractivity contribution < 1.29 is 9.59 Å². The second kappa shape index (κ2) is 8.87. The van der Waals surface area contributed by atoms with Gasteiger partial charge in [-0.2, -0.15) is 0 Å². The predicted octanol–water partition coefficient (Wildman–Crippen LogP) is 5.68. The van der Waals surface area contributed by atoms with Crippen molar-refractivity contribution in [3.63, 3.8) is 0 Å². The maximum Gasteiger partial charge on any atom is 0.269 e. The van der Waals surface area contributed by atoms with E-state index in [1.54, 1.807) is 25.1 Å². The lowest BCUT2D eigenvalue weighted by atomic mass is 10.2. The maximum atomic E-state index is 12.6. The summed E-state index contributed by atoms with van der Waals surface area (Å²) in [6.45, 7) is 1.76. The molecule has 2 aromatic carbocycles. The molecule has 144 valence electrons. The molecule has 0 aliphatic rings. The number of anilines is 2. The van der Waals surface area contributed by atoms with Gasteiger partial charge < -0.3 is 10.6 Å². The molecule has 0 atom stereocenters. The maximum absolute atomic E-state index is 12.6. The Morgan fingerprint density at radius 1 is 1.11 bits per heavy atom. The number of rotatable bonds is 4. The number of hydrogen-bond acceptors (Lipinski definition) is 4. The zero-order valence-electron chi connectivity index (χ0n) is 14.6. The van der Waals surface area contributed by atoms with Crippen LogP contribution >= 0.6 is 46.8 Å². The van der Waals surface area contributed by atoms with Gasteiger partial charge in [0.05, 0.1) is 15.7 Å². The molecule has 0 fully saturated rings. The minimum Gasteiger partial charge on any atom is -0.331 e. The van der Waals surface area contributed by atoms with E-state index in [1.807, 2.05) is 24.3 Å². The highest BCUT2D eigenvalue weighted by Gasteiger charge is 2.18. The normalized spacial score (nSPS) is 10.5. The fourth-order valence-corrected chi connectivity index (χ4v) is 4.20. The monoisotopic (exact) mass is 451 g/mol. The fourth-order valence-electron chi connectivity index (χ4n) is 2.42. The summed E-state index contributed by atoms with van der Waals surface area (Å²) in [5.74, 6) is -0.529. The van der Waals surface area contributed by atoms with Crippen LogP contribution in [-0.4, -0.2) is 16.9 Å². The molecule has 0 bridgehead atoms. The Hall–Kier alpha value is -2.19. The molecule has 0 unspecified atom stereocenters. The van der Waals surface area contributed by atoms with Crippen LogP contribution in [0.2, 0.25) is 10.0 Å². The average Bonchev–Trinajstić information content (AvgIpc) is 3.01. The Morgan fingerprint density at radius 3 is 2.57 bits per heavy atom. The number of fused-ring (bicyclic) bond motifs is 1. The molecule has 2 amide bonds. The molecule has 0 spiro atoms. The van der Waals surface area contributed by atoms with E-state index in [0.717, 1.165) is 10.1 Å². The second-order valence-corrected chi connectivity index (χ2v) is 7.99. The minimum absolute atomic E-state index is 0.0689. The van der Waals surface area contributed by atoms with E-state index >= 15 is 0 Å². The van der Waals surface area contributed by atoms with E-state index in [1.165, 1.54) is 11.3 Å². The lowest BCUT2D eigenvalue weighted by molar-refractivity contribution is -0.115. The van der Waals surface area contributed by atoms with E-state index in [-0.39, 0.29) is 11.0 Å². The lowest BCUT2D eigenvalue weighted by Crippen LogP contribution is -2.33. The third-order valence-electron chi connectivity index (χ3n) is 3.79. The summed E-state index contributed by atoms with van der Waals surface area (Å²) in [7, 11) is 0. The molecular weight excluding hydrogens is 437 g/mol. The number of amides is 2. The van der Waals surface area contributed by atoms with Crippen LogP contribution in [-0.2, 0) is 4.79 Å². The van der Waals surface area contributed by atoms with Gasteiger partial charge in [-0.25, -0.2) is 0 Å². The summed E-state index contributed by atoms with van der Waals surface area (Å²) < 4.78 is 0.916. The van der Waals surface area contributed by atoms with E-state index < -0.39 is 5.91 Å². The summed E-state index contributed by atoms with van der Waals surface area (Å²) in [5.41, 5.74) is 1.03. The average molecular weight is 452 g/mol. The number of thiophene rings is 1. The number of benzene rings is 2. The molecule has 0 radical (unpaired) electrons. The predicted molar refractivity (Wildman–Crippen MR) is 121 cm³/mol. The van der Waals surface area contributed by atoms with Crippen LogP contribution in [0.25, 0.3) is 10.1 Å². The molecule has 3 aromatic rings. The molecule has 0 saturated heterocycles. The van der Waals surface area contributed by atoms with Crippen LogP contribution in [0.4, 0.5) is 11.4 Å². The van der Waals surface area contributed by atoms with Gasteiger partial charge in [0.15, 0.2) is 5.11 Å². The topological polar surface area (TPSA) is 70.2 Å². The molecule has 0 saturated carbocycles.